The van der Waals surface area contributed by atoms with Gasteiger partial charge in [-0.2, -0.15) is 0 Å². The number of fused-ring (bicyclic) bond motifs is 1. The van der Waals surface area contributed by atoms with Crippen molar-refractivity contribution >= 4 is 23.3 Å². The average Bonchev–Trinajstić information content (AvgIpc) is 3.34. The molecule has 0 aliphatic heterocycles. The number of nitrogens with zero attached hydrogens (tertiary/aromatic N) is 3. The van der Waals surface area contributed by atoms with Crippen molar-refractivity contribution in [3.8, 4) is 5.75 Å². The molecule has 0 saturated carbocycles. The number of nitrogens with one attached hydrogen (secondary N) is 1. The predicted molar refractivity (Wildman–Crippen MR) is 132 cm³/mol. The molecule has 1 aromatic heterocycles. The van der Waals surface area contributed by atoms with Gasteiger partial charge in [0.2, 0.25) is 5.91 Å². The van der Waals surface area contributed by atoms with Crippen LogP contribution in [0.4, 0.5) is 0 Å². The molecule has 214 valence electrons. The molecule has 1 amide bonds. The number of aromatic nitrogens is 1. The first kappa shape index (κ1) is 33.8. The SMILES string of the molecule is CC(COc1cccc2[nH]ccc12)CN(C(=O)COCCO[N+](=O)[O-])C(C)C.O=CO.O=[N+]([O-])OCCO. The Morgan fingerprint density at radius 1 is 1.11 bits per heavy atom. The first-order chi connectivity index (χ1) is 18.1. The summed E-state index contributed by atoms with van der Waals surface area (Å²) in [5, 5.41) is 33.3. The second-order valence-electron chi connectivity index (χ2n) is 7.75. The topological polar surface area (TPSA) is 217 Å². The highest BCUT2D eigenvalue weighted by Crippen LogP contribution is 2.25. The molecular weight excluding hydrogens is 512 g/mol. The van der Waals surface area contributed by atoms with E-state index in [4.69, 9.17) is 24.5 Å². The monoisotopic (exact) mass is 546 g/mol. The van der Waals surface area contributed by atoms with Crippen LogP contribution in [0, 0.1) is 26.1 Å². The number of hydrogen-bond donors (Lipinski definition) is 3. The number of aromatic amines is 1. The molecule has 0 bridgehead atoms. The number of benzene rings is 1. The van der Waals surface area contributed by atoms with Crippen molar-refractivity contribution in [3.63, 3.8) is 0 Å². The van der Waals surface area contributed by atoms with Crippen molar-refractivity contribution in [2.24, 2.45) is 5.92 Å². The van der Waals surface area contributed by atoms with Gasteiger partial charge in [0, 0.05) is 35.6 Å². The third-order valence-corrected chi connectivity index (χ3v) is 4.47. The summed E-state index contributed by atoms with van der Waals surface area (Å²) in [6.45, 7) is 5.71. The highest BCUT2D eigenvalue weighted by atomic mass is 17.0. The molecule has 2 rings (SSSR count). The second-order valence-corrected chi connectivity index (χ2v) is 7.75. The standard InChI is InChI=1S/C19H27N3O6.C2H5NO4.CH2O2/c1-14(2)21(19(23)13-26-9-10-28-22(24)25)11-15(3)12-27-18-6-4-5-17-16(18)7-8-20-17;4-1-2-7-3(5)6;2-1-3/h4-8,14-15,20H,9-13H2,1-3H3;4H,1-2H2;1H,(H,2,3). The van der Waals surface area contributed by atoms with E-state index in [2.05, 4.69) is 14.7 Å². The fourth-order valence-corrected chi connectivity index (χ4v) is 2.93. The van der Waals surface area contributed by atoms with E-state index in [0.29, 0.717) is 13.2 Å². The van der Waals surface area contributed by atoms with Gasteiger partial charge in [-0.1, -0.05) is 13.0 Å². The average molecular weight is 547 g/mol. The van der Waals surface area contributed by atoms with Gasteiger partial charge in [0.05, 0.1) is 19.8 Å². The van der Waals surface area contributed by atoms with E-state index in [1.165, 1.54) is 0 Å². The zero-order valence-electron chi connectivity index (χ0n) is 21.4. The second kappa shape index (κ2) is 19.9. The number of carboxylic acid groups (broad SMARTS) is 1. The largest absolute Gasteiger partial charge is 0.493 e. The molecule has 2 aromatic rings. The number of carbonyl (C=O) groups excluding carboxylic acids is 1. The van der Waals surface area contributed by atoms with Crippen LogP contribution in [0.1, 0.15) is 20.8 Å². The van der Waals surface area contributed by atoms with Gasteiger partial charge in [-0.15, -0.1) is 20.2 Å². The van der Waals surface area contributed by atoms with Gasteiger partial charge >= 0.3 is 0 Å². The van der Waals surface area contributed by atoms with Crippen LogP contribution < -0.4 is 4.74 Å². The van der Waals surface area contributed by atoms with E-state index < -0.39 is 10.2 Å². The Morgan fingerprint density at radius 3 is 2.29 bits per heavy atom. The summed E-state index contributed by atoms with van der Waals surface area (Å²) in [5.74, 6) is 0.746. The zero-order chi connectivity index (χ0) is 28.9. The first-order valence-corrected chi connectivity index (χ1v) is 11.4. The lowest BCUT2D eigenvalue weighted by Gasteiger charge is -2.29. The number of ether oxygens (including phenoxy) is 2. The highest BCUT2D eigenvalue weighted by molar-refractivity contribution is 5.85. The molecule has 0 radical (unpaired) electrons. The molecule has 1 heterocycles. The van der Waals surface area contributed by atoms with Crippen LogP contribution in [0.2, 0.25) is 0 Å². The van der Waals surface area contributed by atoms with Crippen LogP contribution in [-0.2, 0) is 24.0 Å². The summed E-state index contributed by atoms with van der Waals surface area (Å²) < 4.78 is 11.1. The lowest BCUT2D eigenvalue weighted by atomic mass is 10.1. The molecule has 0 saturated heterocycles. The lowest BCUT2D eigenvalue weighted by Crippen LogP contribution is -2.43. The Balaban J connectivity index is 0.00000117. The minimum absolute atomic E-state index is 0.00156. The minimum Gasteiger partial charge on any atom is -0.493 e. The van der Waals surface area contributed by atoms with Crippen LogP contribution >= 0.6 is 0 Å². The molecule has 16 heteroatoms. The van der Waals surface area contributed by atoms with Gasteiger partial charge in [0.25, 0.3) is 16.6 Å². The Labute approximate surface area is 218 Å². The molecule has 38 heavy (non-hydrogen) atoms. The third-order valence-electron chi connectivity index (χ3n) is 4.47. The predicted octanol–water partition coefficient (Wildman–Crippen LogP) is 1.53. The molecule has 0 fully saturated rings. The minimum atomic E-state index is -0.948. The molecule has 3 N–H and O–H groups in total. The molecular formula is C22H34N4O12. The number of H-pyrrole nitrogens is 1. The number of rotatable bonds is 15. The van der Waals surface area contributed by atoms with Crippen molar-refractivity contribution in [1.82, 2.24) is 9.88 Å². The smallest absolute Gasteiger partial charge is 0.294 e. The number of amides is 1. The fourth-order valence-electron chi connectivity index (χ4n) is 2.93. The zero-order valence-corrected chi connectivity index (χ0v) is 21.4. The summed E-state index contributed by atoms with van der Waals surface area (Å²) in [6.07, 6.45) is 1.87. The Hall–Kier alpha value is -4.18. The van der Waals surface area contributed by atoms with Crippen molar-refractivity contribution < 1.29 is 49.1 Å². The van der Waals surface area contributed by atoms with Gasteiger partial charge in [-0.05, 0) is 32.0 Å². The van der Waals surface area contributed by atoms with E-state index in [9.17, 15) is 25.0 Å². The van der Waals surface area contributed by atoms with E-state index in [1.807, 2.05) is 51.2 Å². The number of aliphatic hydroxyl groups is 1. The highest BCUT2D eigenvalue weighted by Gasteiger charge is 2.20. The van der Waals surface area contributed by atoms with Crippen molar-refractivity contribution in [2.75, 3.05) is 46.2 Å². The van der Waals surface area contributed by atoms with Crippen LogP contribution in [0.5, 0.6) is 5.75 Å². The number of hydrogen-bond acceptors (Lipinski definition) is 11. The molecule has 1 atom stereocenters. The number of aliphatic hydroxyl groups excluding tert-OH is 1. The molecule has 0 spiro atoms. The van der Waals surface area contributed by atoms with E-state index in [0.717, 1.165) is 16.7 Å². The molecule has 0 aliphatic rings. The molecule has 1 unspecified atom stereocenters. The summed E-state index contributed by atoms with van der Waals surface area (Å²) in [7, 11) is 0. The normalized spacial score (nSPS) is 10.8. The maximum Gasteiger partial charge on any atom is 0.294 e. The number of carbonyl (C=O) groups is 2. The Morgan fingerprint density at radius 2 is 1.74 bits per heavy atom. The fraction of sp³-hybridized carbons (Fsp3) is 0.545. The maximum absolute atomic E-state index is 12.4. The van der Waals surface area contributed by atoms with Gasteiger partial charge in [0.1, 0.15) is 25.6 Å². The van der Waals surface area contributed by atoms with E-state index >= 15 is 0 Å². The Bertz CT molecular complexity index is 969. The summed E-state index contributed by atoms with van der Waals surface area (Å²) in [4.78, 5) is 52.8. The Kier molecular flexibility index (Phi) is 17.7. The van der Waals surface area contributed by atoms with E-state index in [1.54, 1.807) is 4.90 Å². The summed E-state index contributed by atoms with van der Waals surface area (Å²) in [6, 6.07) is 7.82. The van der Waals surface area contributed by atoms with Crippen LogP contribution in [0.25, 0.3) is 10.9 Å². The lowest BCUT2D eigenvalue weighted by molar-refractivity contribution is -0.758. The molecule has 0 aliphatic carbocycles. The maximum atomic E-state index is 12.4. The van der Waals surface area contributed by atoms with Crippen LogP contribution in [-0.4, -0.2) is 94.9 Å². The van der Waals surface area contributed by atoms with Gasteiger partial charge in [0.15, 0.2) is 0 Å². The van der Waals surface area contributed by atoms with Crippen LogP contribution in [0.3, 0.4) is 0 Å². The summed E-state index contributed by atoms with van der Waals surface area (Å²) >= 11 is 0. The first-order valence-electron chi connectivity index (χ1n) is 11.4. The van der Waals surface area contributed by atoms with Crippen molar-refractivity contribution in [2.45, 2.75) is 26.8 Å². The van der Waals surface area contributed by atoms with Gasteiger partial charge in [-0.25, -0.2) is 0 Å². The molecule has 16 nitrogen and oxygen atoms in total. The molecule has 1 aromatic carbocycles. The van der Waals surface area contributed by atoms with Gasteiger partial charge < -0.3 is 39.2 Å². The quantitative estimate of drug-likeness (QED) is 0.125. The summed E-state index contributed by atoms with van der Waals surface area (Å²) in [5.41, 5.74) is 1.02. The van der Waals surface area contributed by atoms with Crippen molar-refractivity contribution in [3.05, 3.63) is 50.7 Å². The van der Waals surface area contributed by atoms with Gasteiger partial charge in [-0.3, -0.25) is 9.59 Å². The van der Waals surface area contributed by atoms with Crippen molar-refractivity contribution in [1.29, 1.82) is 0 Å². The van der Waals surface area contributed by atoms with Crippen LogP contribution in [0.15, 0.2) is 30.5 Å². The van der Waals surface area contributed by atoms with E-state index in [-0.39, 0.29) is 57.4 Å². The third kappa shape index (κ3) is 15.0.